The Hall–Kier alpha value is -1.36. The average molecular weight is 342 g/mol. The molecule has 0 saturated carbocycles. The normalized spacial score (nSPS) is 11.1. The number of anilines is 1. The van der Waals surface area contributed by atoms with Crippen molar-refractivity contribution in [1.29, 1.82) is 0 Å². The minimum Gasteiger partial charge on any atom is -0.460 e. The number of ether oxygens (including phenoxy) is 1. The topological polar surface area (TPSA) is 55.4 Å². The van der Waals surface area contributed by atoms with Crippen LogP contribution in [0.3, 0.4) is 0 Å². The number of rotatable bonds is 4. The van der Waals surface area contributed by atoms with Gasteiger partial charge in [0.15, 0.2) is 0 Å². The van der Waals surface area contributed by atoms with Gasteiger partial charge in [-0.05, 0) is 61.3 Å². The standard InChI is InChI=1S/C15H20BrNO3/c1-10-5-6-11(16)12(9-10)17-13(18)7-8-14(19)20-15(2,3)4/h5-6,9H,7-8H2,1-4H3,(H,17,18). The van der Waals surface area contributed by atoms with Crippen LogP contribution in [0.2, 0.25) is 0 Å². The molecule has 0 spiro atoms. The van der Waals surface area contributed by atoms with Crippen LogP contribution in [0.15, 0.2) is 22.7 Å². The van der Waals surface area contributed by atoms with E-state index in [1.807, 2.05) is 25.1 Å². The molecule has 0 heterocycles. The van der Waals surface area contributed by atoms with Crippen LogP contribution >= 0.6 is 15.9 Å². The van der Waals surface area contributed by atoms with Gasteiger partial charge < -0.3 is 10.1 Å². The van der Waals surface area contributed by atoms with Crippen molar-refractivity contribution in [2.45, 2.75) is 46.1 Å². The number of carbonyl (C=O) groups is 2. The number of nitrogens with one attached hydrogen (secondary N) is 1. The fourth-order valence-corrected chi connectivity index (χ4v) is 1.90. The second-order valence-corrected chi connectivity index (χ2v) is 6.47. The third-order valence-corrected chi connectivity index (χ3v) is 3.06. The highest BCUT2D eigenvalue weighted by Gasteiger charge is 2.17. The first-order valence-corrected chi connectivity index (χ1v) is 7.24. The van der Waals surface area contributed by atoms with Gasteiger partial charge in [0.25, 0.3) is 0 Å². The van der Waals surface area contributed by atoms with Crippen molar-refractivity contribution in [1.82, 2.24) is 0 Å². The highest BCUT2D eigenvalue weighted by atomic mass is 79.9. The molecule has 0 saturated heterocycles. The molecule has 1 rings (SSSR count). The zero-order chi connectivity index (χ0) is 15.3. The summed E-state index contributed by atoms with van der Waals surface area (Å²) in [6.45, 7) is 7.35. The molecule has 0 aromatic heterocycles. The van der Waals surface area contributed by atoms with Gasteiger partial charge in [0.2, 0.25) is 5.91 Å². The molecule has 5 heteroatoms. The molecule has 0 aliphatic carbocycles. The summed E-state index contributed by atoms with van der Waals surface area (Å²) in [6.07, 6.45) is 0.182. The molecule has 0 radical (unpaired) electrons. The second kappa shape index (κ2) is 6.88. The highest BCUT2D eigenvalue weighted by molar-refractivity contribution is 9.10. The van der Waals surface area contributed by atoms with Gasteiger partial charge >= 0.3 is 5.97 Å². The van der Waals surface area contributed by atoms with Crippen molar-refractivity contribution in [3.05, 3.63) is 28.2 Å². The van der Waals surface area contributed by atoms with Crippen LogP contribution in [0.25, 0.3) is 0 Å². The van der Waals surface area contributed by atoms with Gasteiger partial charge in [0.05, 0.1) is 12.1 Å². The summed E-state index contributed by atoms with van der Waals surface area (Å²) in [6, 6.07) is 5.69. The third-order valence-electron chi connectivity index (χ3n) is 2.37. The van der Waals surface area contributed by atoms with E-state index >= 15 is 0 Å². The van der Waals surface area contributed by atoms with Crippen LogP contribution < -0.4 is 5.32 Å². The fraction of sp³-hybridized carbons (Fsp3) is 0.467. The molecule has 110 valence electrons. The summed E-state index contributed by atoms with van der Waals surface area (Å²) in [5.41, 5.74) is 1.24. The van der Waals surface area contributed by atoms with Gasteiger partial charge in [-0.3, -0.25) is 9.59 Å². The van der Waals surface area contributed by atoms with E-state index in [1.165, 1.54) is 0 Å². The van der Waals surface area contributed by atoms with E-state index in [1.54, 1.807) is 20.8 Å². The Morgan fingerprint density at radius 1 is 1.25 bits per heavy atom. The lowest BCUT2D eigenvalue weighted by Gasteiger charge is -2.19. The molecule has 0 atom stereocenters. The van der Waals surface area contributed by atoms with E-state index in [9.17, 15) is 9.59 Å². The Morgan fingerprint density at radius 2 is 1.90 bits per heavy atom. The number of aryl methyl sites for hydroxylation is 1. The number of halogens is 1. The van der Waals surface area contributed by atoms with Crippen molar-refractivity contribution in [3.63, 3.8) is 0 Å². The number of hydrogen-bond acceptors (Lipinski definition) is 3. The van der Waals surface area contributed by atoms with Gasteiger partial charge in [0.1, 0.15) is 5.60 Å². The van der Waals surface area contributed by atoms with Crippen molar-refractivity contribution in [2.24, 2.45) is 0 Å². The van der Waals surface area contributed by atoms with E-state index < -0.39 is 5.60 Å². The maximum absolute atomic E-state index is 11.8. The first kappa shape index (κ1) is 16.7. The highest BCUT2D eigenvalue weighted by Crippen LogP contribution is 2.23. The minimum atomic E-state index is -0.521. The van der Waals surface area contributed by atoms with Crippen LogP contribution in [0, 0.1) is 6.92 Å². The lowest BCUT2D eigenvalue weighted by molar-refractivity contribution is -0.155. The van der Waals surface area contributed by atoms with Gasteiger partial charge in [-0.2, -0.15) is 0 Å². The van der Waals surface area contributed by atoms with E-state index in [4.69, 9.17) is 4.74 Å². The van der Waals surface area contributed by atoms with Crippen LogP contribution in [-0.4, -0.2) is 17.5 Å². The summed E-state index contributed by atoms with van der Waals surface area (Å²) in [5, 5.41) is 2.78. The molecule has 4 nitrogen and oxygen atoms in total. The summed E-state index contributed by atoms with van der Waals surface area (Å²) in [7, 11) is 0. The first-order valence-electron chi connectivity index (χ1n) is 6.45. The second-order valence-electron chi connectivity index (χ2n) is 5.62. The molecule has 0 aliphatic heterocycles. The van der Waals surface area contributed by atoms with Gasteiger partial charge in [-0.15, -0.1) is 0 Å². The molecule has 20 heavy (non-hydrogen) atoms. The largest absolute Gasteiger partial charge is 0.460 e. The van der Waals surface area contributed by atoms with E-state index in [2.05, 4.69) is 21.2 Å². The SMILES string of the molecule is Cc1ccc(Br)c(NC(=O)CCC(=O)OC(C)(C)C)c1. The van der Waals surface area contributed by atoms with Crippen molar-refractivity contribution >= 4 is 33.5 Å². The fourth-order valence-electron chi connectivity index (χ4n) is 1.56. The molecule has 0 aliphatic rings. The lowest BCUT2D eigenvalue weighted by Crippen LogP contribution is -2.24. The smallest absolute Gasteiger partial charge is 0.306 e. The van der Waals surface area contributed by atoms with Gasteiger partial charge in [0, 0.05) is 10.9 Å². The molecular formula is C15H20BrNO3. The summed E-state index contributed by atoms with van der Waals surface area (Å²) < 4.78 is 5.97. The Kier molecular flexibility index (Phi) is 5.74. The summed E-state index contributed by atoms with van der Waals surface area (Å²) in [5.74, 6) is -0.571. The van der Waals surface area contributed by atoms with Crippen LogP contribution in [0.4, 0.5) is 5.69 Å². The average Bonchev–Trinajstić information content (AvgIpc) is 2.29. The number of hydrogen-bond donors (Lipinski definition) is 1. The Bertz CT molecular complexity index is 506. The van der Waals surface area contributed by atoms with Gasteiger partial charge in [-0.25, -0.2) is 0 Å². The quantitative estimate of drug-likeness (QED) is 0.847. The molecule has 1 aromatic carbocycles. The Morgan fingerprint density at radius 3 is 2.50 bits per heavy atom. The monoisotopic (exact) mass is 341 g/mol. The Balaban J connectivity index is 2.48. The Labute approximate surface area is 128 Å². The van der Waals surface area contributed by atoms with Crippen molar-refractivity contribution in [2.75, 3.05) is 5.32 Å². The van der Waals surface area contributed by atoms with Crippen LogP contribution in [0.5, 0.6) is 0 Å². The number of benzene rings is 1. The number of esters is 1. The predicted octanol–water partition coefficient (Wildman–Crippen LogP) is 3.82. The van der Waals surface area contributed by atoms with Crippen LogP contribution in [0.1, 0.15) is 39.2 Å². The maximum Gasteiger partial charge on any atom is 0.306 e. The zero-order valence-electron chi connectivity index (χ0n) is 12.2. The molecule has 0 bridgehead atoms. The first-order chi connectivity index (χ1) is 9.17. The minimum absolute atomic E-state index is 0.0759. The van der Waals surface area contributed by atoms with E-state index in [0.717, 1.165) is 10.0 Å². The number of carbonyl (C=O) groups excluding carboxylic acids is 2. The maximum atomic E-state index is 11.8. The van der Waals surface area contributed by atoms with Crippen LogP contribution in [-0.2, 0) is 14.3 Å². The van der Waals surface area contributed by atoms with Gasteiger partial charge in [-0.1, -0.05) is 6.07 Å². The molecule has 0 unspecified atom stereocenters. The van der Waals surface area contributed by atoms with Crippen molar-refractivity contribution in [3.8, 4) is 0 Å². The summed E-state index contributed by atoms with van der Waals surface area (Å²) in [4.78, 5) is 23.3. The third kappa shape index (κ3) is 6.19. The molecule has 0 fully saturated rings. The van der Waals surface area contributed by atoms with E-state index in [-0.39, 0.29) is 24.7 Å². The molecule has 1 aromatic rings. The molecular weight excluding hydrogens is 322 g/mol. The van der Waals surface area contributed by atoms with E-state index in [0.29, 0.717) is 5.69 Å². The lowest BCUT2D eigenvalue weighted by atomic mass is 10.2. The van der Waals surface area contributed by atoms with Crippen molar-refractivity contribution < 1.29 is 14.3 Å². The number of amides is 1. The molecule has 1 N–H and O–H groups in total. The molecule has 1 amide bonds. The zero-order valence-corrected chi connectivity index (χ0v) is 13.8. The summed E-state index contributed by atoms with van der Waals surface area (Å²) >= 11 is 3.37. The predicted molar refractivity (Wildman–Crippen MR) is 82.6 cm³/mol.